The van der Waals surface area contributed by atoms with Crippen molar-refractivity contribution in [3.05, 3.63) is 35.1 Å². The molecule has 0 amide bonds. The van der Waals surface area contributed by atoms with E-state index in [1.807, 2.05) is 12.3 Å². The Bertz CT molecular complexity index is 333. The molecule has 0 saturated carbocycles. The van der Waals surface area contributed by atoms with E-state index in [0.29, 0.717) is 12.1 Å². The summed E-state index contributed by atoms with van der Waals surface area (Å²) >= 11 is 0. The molecule has 1 fully saturated rings. The van der Waals surface area contributed by atoms with Crippen LogP contribution in [0.25, 0.3) is 10.6 Å². The van der Waals surface area contributed by atoms with Crippen molar-refractivity contribution in [1.82, 2.24) is 4.90 Å². The Kier molecular flexibility index (Phi) is 11.1. The maximum Gasteiger partial charge on any atom is 2.00 e. The van der Waals surface area contributed by atoms with Crippen LogP contribution in [0, 0.1) is 0 Å². The van der Waals surface area contributed by atoms with E-state index in [4.69, 9.17) is 10.4 Å². The van der Waals surface area contributed by atoms with Crippen molar-refractivity contribution in [2.75, 3.05) is 26.7 Å². The molecule has 0 aromatic carbocycles. The van der Waals surface area contributed by atoms with Gasteiger partial charge in [0.2, 0.25) is 0 Å². The van der Waals surface area contributed by atoms with Crippen LogP contribution in [0.5, 0.6) is 0 Å². The maximum atomic E-state index is 7.00. The van der Waals surface area contributed by atoms with Gasteiger partial charge in [0.25, 0.3) is 0 Å². The quantitative estimate of drug-likeness (QED) is 0.784. The fourth-order valence-electron chi connectivity index (χ4n) is 2.67. The first-order valence-electron chi connectivity index (χ1n) is 7.95. The van der Waals surface area contributed by atoms with Gasteiger partial charge >= 0.3 is 17.1 Å². The first kappa shape index (κ1) is 21.7. The molecule has 1 N–H and O–H groups in total. The summed E-state index contributed by atoms with van der Waals surface area (Å²) in [6, 6.07) is 0.823. The Balaban J connectivity index is 0.00000141. The summed E-state index contributed by atoms with van der Waals surface area (Å²) in [5, 5.41) is 16.3. The van der Waals surface area contributed by atoms with Gasteiger partial charge in [-0.05, 0) is 33.9 Å². The van der Waals surface area contributed by atoms with Crippen LogP contribution >= 0.6 is 0 Å². The van der Waals surface area contributed by atoms with Gasteiger partial charge in [-0.15, -0.1) is 12.6 Å². The minimum absolute atomic E-state index is 0. The van der Waals surface area contributed by atoms with E-state index in [1.165, 1.54) is 19.3 Å². The number of hydrogen-bond donors (Lipinski definition) is 1. The van der Waals surface area contributed by atoms with Gasteiger partial charge in [0.05, 0.1) is 0 Å². The normalized spacial score (nSPS) is 24.1. The fourth-order valence-corrected chi connectivity index (χ4v) is 2.67. The minimum Gasteiger partial charge on any atom is -0.684 e. The van der Waals surface area contributed by atoms with Crippen molar-refractivity contribution >= 4 is 0 Å². The van der Waals surface area contributed by atoms with Crippen LogP contribution in [-0.2, 0) is 17.1 Å². The third-order valence-corrected chi connectivity index (χ3v) is 3.93. The standard InChI is InChI=1S/C16H27N3.CH4O.Cu/c1-16(2,3)19(12-14-8-4-6-10-17-14)13-15-9-5-7-11-18-15;1-2;/h4,6,8,10,14-15H,5,7,9,11-13H2,1-3H3;2H,1H3;/q-2;;+2. The number of nitrogens with zero attached hydrogens (tertiary/aromatic N) is 3. The van der Waals surface area contributed by atoms with Crippen LogP contribution in [0.3, 0.4) is 0 Å². The average Bonchev–Trinajstić information content (AvgIpc) is 2.50. The maximum absolute atomic E-state index is 7.00. The molecule has 2 aliphatic heterocycles. The topological polar surface area (TPSA) is 51.7 Å². The van der Waals surface area contributed by atoms with Crippen LogP contribution in [0.4, 0.5) is 0 Å². The van der Waals surface area contributed by atoms with Crippen LogP contribution in [-0.4, -0.2) is 54.4 Å². The van der Waals surface area contributed by atoms with Gasteiger partial charge in [-0.25, -0.2) is 0 Å². The number of hydrogen-bond acceptors (Lipinski definition) is 2. The number of rotatable bonds is 4. The molecule has 4 nitrogen and oxygen atoms in total. The molecule has 2 atom stereocenters. The van der Waals surface area contributed by atoms with Crippen molar-refractivity contribution in [3.8, 4) is 0 Å². The van der Waals surface area contributed by atoms with E-state index < -0.39 is 0 Å². The van der Waals surface area contributed by atoms with Gasteiger partial charge in [0.15, 0.2) is 0 Å². The van der Waals surface area contributed by atoms with Gasteiger partial charge in [-0.2, -0.15) is 6.20 Å². The zero-order valence-corrected chi connectivity index (χ0v) is 15.2. The van der Waals surface area contributed by atoms with E-state index >= 15 is 0 Å². The Labute approximate surface area is 146 Å². The molecule has 1 saturated heterocycles. The number of piperidine rings is 1. The van der Waals surface area contributed by atoms with Crippen molar-refractivity contribution in [2.24, 2.45) is 0 Å². The number of allylic oxidation sites excluding steroid dienone is 2. The van der Waals surface area contributed by atoms with Crippen molar-refractivity contribution in [2.45, 2.75) is 57.7 Å². The van der Waals surface area contributed by atoms with Crippen LogP contribution in [0.15, 0.2) is 24.4 Å². The molecule has 0 spiro atoms. The molecule has 0 aromatic rings. The Morgan fingerprint density at radius 2 is 1.86 bits per heavy atom. The van der Waals surface area contributed by atoms with Gasteiger partial charge < -0.3 is 20.6 Å². The minimum atomic E-state index is 0. The third-order valence-electron chi connectivity index (χ3n) is 3.93. The van der Waals surface area contributed by atoms with E-state index in [-0.39, 0.29) is 22.6 Å². The molecular formula is C17H31CuN3O. The zero-order valence-electron chi connectivity index (χ0n) is 14.3. The second-order valence-corrected chi connectivity index (χ2v) is 6.57. The molecule has 0 aromatic heterocycles. The zero-order chi connectivity index (χ0) is 15.7. The summed E-state index contributed by atoms with van der Waals surface area (Å²) < 4.78 is 0. The Morgan fingerprint density at radius 3 is 2.36 bits per heavy atom. The summed E-state index contributed by atoms with van der Waals surface area (Å²) in [6.07, 6.45) is 12.1. The van der Waals surface area contributed by atoms with E-state index in [9.17, 15) is 0 Å². The summed E-state index contributed by atoms with van der Waals surface area (Å²) in [5.74, 6) is 0. The van der Waals surface area contributed by atoms with Crippen molar-refractivity contribution < 1.29 is 22.2 Å². The summed E-state index contributed by atoms with van der Waals surface area (Å²) in [6.45, 7) is 10.00. The van der Waals surface area contributed by atoms with Crippen LogP contribution < -0.4 is 0 Å². The van der Waals surface area contributed by atoms with E-state index in [2.05, 4.69) is 43.1 Å². The molecule has 2 heterocycles. The predicted molar refractivity (Wildman–Crippen MR) is 90.8 cm³/mol. The monoisotopic (exact) mass is 356 g/mol. The number of aliphatic hydroxyl groups is 1. The molecule has 0 aliphatic carbocycles. The summed E-state index contributed by atoms with van der Waals surface area (Å²) in [5.41, 5.74) is 0.178. The Hall–Kier alpha value is -0.321. The summed E-state index contributed by atoms with van der Waals surface area (Å²) in [7, 11) is 1.00. The third kappa shape index (κ3) is 7.80. The summed E-state index contributed by atoms with van der Waals surface area (Å²) in [4.78, 5) is 2.55. The molecule has 5 heteroatoms. The predicted octanol–water partition coefficient (Wildman–Crippen LogP) is 3.44. The van der Waals surface area contributed by atoms with Gasteiger partial charge in [-0.1, -0.05) is 43.5 Å². The number of aliphatic hydroxyl groups excluding tert-OH is 1. The Morgan fingerprint density at radius 1 is 1.14 bits per heavy atom. The first-order valence-corrected chi connectivity index (χ1v) is 7.95. The van der Waals surface area contributed by atoms with E-state index in [0.717, 1.165) is 26.7 Å². The first-order chi connectivity index (χ1) is 10.1. The molecule has 1 radical (unpaired) electrons. The van der Waals surface area contributed by atoms with Gasteiger partial charge in [0.1, 0.15) is 0 Å². The molecule has 131 valence electrons. The molecule has 22 heavy (non-hydrogen) atoms. The molecule has 2 aliphatic rings. The second kappa shape index (κ2) is 11.3. The molecule has 2 unspecified atom stereocenters. The van der Waals surface area contributed by atoms with Crippen molar-refractivity contribution in [3.63, 3.8) is 0 Å². The van der Waals surface area contributed by atoms with E-state index in [1.54, 1.807) is 0 Å². The van der Waals surface area contributed by atoms with Crippen LogP contribution in [0.2, 0.25) is 0 Å². The smallest absolute Gasteiger partial charge is 0.684 e. The molecule has 0 bridgehead atoms. The molecule has 2 rings (SSSR count). The SMILES string of the molecule is CC(C)(C)N(CC1C=CC=C[N-]1)CC1CCCC[N-]1.CO.[Cu+2]. The second-order valence-electron chi connectivity index (χ2n) is 6.57. The van der Waals surface area contributed by atoms with Crippen LogP contribution in [0.1, 0.15) is 40.0 Å². The van der Waals surface area contributed by atoms with Gasteiger partial charge in [-0.3, -0.25) is 0 Å². The largest absolute Gasteiger partial charge is 2.00 e. The van der Waals surface area contributed by atoms with Gasteiger partial charge in [0, 0.05) is 12.6 Å². The molecular weight excluding hydrogens is 326 g/mol. The fraction of sp³-hybridized carbons (Fsp3) is 0.765. The van der Waals surface area contributed by atoms with Crippen molar-refractivity contribution in [1.29, 1.82) is 0 Å². The average molecular weight is 357 g/mol.